The van der Waals surface area contributed by atoms with E-state index in [9.17, 15) is 9.59 Å². The quantitative estimate of drug-likeness (QED) is 0.831. The number of benzene rings is 1. The van der Waals surface area contributed by atoms with Crippen LogP contribution in [0.2, 0.25) is 0 Å². The number of carboxylic acid groups (broad SMARTS) is 1. The summed E-state index contributed by atoms with van der Waals surface area (Å²) in [6.45, 7) is 3.21. The second-order valence-corrected chi connectivity index (χ2v) is 4.91. The number of urea groups is 1. The topological polar surface area (TPSA) is 78.9 Å². The van der Waals surface area contributed by atoms with Crippen LogP contribution in [0.5, 0.6) is 0 Å². The Morgan fingerprint density at radius 1 is 1.45 bits per heavy atom. The van der Waals surface area contributed by atoms with E-state index in [4.69, 9.17) is 9.84 Å². The number of methoxy groups -OCH3 is 1. The van der Waals surface area contributed by atoms with Gasteiger partial charge < -0.3 is 20.1 Å². The van der Waals surface area contributed by atoms with Crippen molar-refractivity contribution in [3.63, 3.8) is 0 Å². The van der Waals surface area contributed by atoms with Gasteiger partial charge in [-0.15, -0.1) is 0 Å². The number of ether oxygens (including phenoxy) is 1. The normalized spacial score (nSPS) is 10.2. The molecular weight excluding hydrogens is 328 g/mol. The highest BCUT2D eigenvalue weighted by molar-refractivity contribution is 9.10. The fraction of sp³-hybridized carbons (Fsp3) is 0.385. The van der Waals surface area contributed by atoms with Gasteiger partial charge in [0.15, 0.2) is 0 Å². The van der Waals surface area contributed by atoms with E-state index >= 15 is 0 Å². The Kier molecular flexibility index (Phi) is 6.47. The molecule has 0 spiro atoms. The van der Waals surface area contributed by atoms with Crippen LogP contribution in [0.1, 0.15) is 17.3 Å². The molecule has 0 radical (unpaired) electrons. The maximum atomic E-state index is 12.1. The molecule has 1 aromatic carbocycles. The van der Waals surface area contributed by atoms with Crippen LogP contribution in [0.4, 0.5) is 10.5 Å². The molecular formula is C13H17BrN2O4. The Bertz CT molecular complexity index is 493. The second kappa shape index (κ2) is 7.86. The average Bonchev–Trinajstić information content (AvgIpc) is 2.39. The van der Waals surface area contributed by atoms with Crippen molar-refractivity contribution in [3.8, 4) is 0 Å². The molecule has 0 heterocycles. The molecule has 20 heavy (non-hydrogen) atoms. The van der Waals surface area contributed by atoms with Gasteiger partial charge in [-0.2, -0.15) is 0 Å². The summed E-state index contributed by atoms with van der Waals surface area (Å²) in [5.74, 6) is -1.09. The van der Waals surface area contributed by atoms with Crippen molar-refractivity contribution in [1.29, 1.82) is 0 Å². The standard InChI is InChI=1S/C13H17BrN2O4/c1-3-16(6-7-20-2)13(19)15-11-8-9(14)4-5-10(11)12(17)18/h4-5,8H,3,6-7H2,1-2H3,(H,15,19)(H,17,18). The van der Waals surface area contributed by atoms with E-state index in [2.05, 4.69) is 21.2 Å². The highest BCUT2D eigenvalue weighted by Crippen LogP contribution is 2.22. The molecule has 110 valence electrons. The third kappa shape index (κ3) is 4.50. The zero-order valence-electron chi connectivity index (χ0n) is 11.4. The minimum atomic E-state index is -1.09. The maximum absolute atomic E-state index is 12.1. The lowest BCUT2D eigenvalue weighted by Gasteiger charge is -2.21. The van der Waals surface area contributed by atoms with Crippen molar-refractivity contribution < 1.29 is 19.4 Å². The smallest absolute Gasteiger partial charge is 0.337 e. The third-order valence-electron chi connectivity index (χ3n) is 2.69. The van der Waals surface area contributed by atoms with Crippen LogP contribution in [-0.2, 0) is 4.74 Å². The minimum Gasteiger partial charge on any atom is -0.478 e. The molecule has 1 aromatic rings. The van der Waals surface area contributed by atoms with Gasteiger partial charge in [0.2, 0.25) is 0 Å². The number of nitrogens with zero attached hydrogens (tertiary/aromatic N) is 1. The van der Waals surface area contributed by atoms with Crippen LogP contribution in [0.25, 0.3) is 0 Å². The van der Waals surface area contributed by atoms with E-state index in [1.165, 1.54) is 11.0 Å². The van der Waals surface area contributed by atoms with Gasteiger partial charge in [0.05, 0.1) is 17.9 Å². The summed E-state index contributed by atoms with van der Waals surface area (Å²) in [6.07, 6.45) is 0. The number of carboxylic acids is 1. The van der Waals surface area contributed by atoms with E-state index in [-0.39, 0.29) is 17.3 Å². The highest BCUT2D eigenvalue weighted by atomic mass is 79.9. The number of anilines is 1. The predicted molar refractivity (Wildman–Crippen MR) is 79.2 cm³/mol. The Balaban J connectivity index is 2.88. The number of aromatic carboxylic acids is 1. The van der Waals surface area contributed by atoms with Gasteiger partial charge in [-0.05, 0) is 25.1 Å². The van der Waals surface area contributed by atoms with Crippen LogP contribution in [0.3, 0.4) is 0 Å². The van der Waals surface area contributed by atoms with Crippen LogP contribution in [0, 0.1) is 0 Å². The summed E-state index contributed by atoms with van der Waals surface area (Å²) in [5.41, 5.74) is 0.303. The molecule has 0 bridgehead atoms. The monoisotopic (exact) mass is 344 g/mol. The van der Waals surface area contributed by atoms with E-state index in [0.29, 0.717) is 24.2 Å². The van der Waals surface area contributed by atoms with Crippen LogP contribution in [-0.4, -0.2) is 48.8 Å². The van der Waals surface area contributed by atoms with Gasteiger partial charge in [0.1, 0.15) is 0 Å². The number of carbonyl (C=O) groups excluding carboxylic acids is 1. The molecule has 6 nitrogen and oxygen atoms in total. The summed E-state index contributed by atoms with van der Waals surface area (Å²) in [4.78, 5) is 24.8. The lowest BCUT2D eigenvalue weighted by Crippen LogP contribution is -2.37. The van der Waals surface area contributed by atoms with E-state index in [1.807, 2.05) is 6.92 Å². The Morgan fingerprint density at radius 3 is 2.70 bits per heavy atom. The predicted octanol–water partition coefficient (Wildman–Crippen LogP) is 2.65. The number of carbonyl (C=O) groups is 2. The minimum absolute atomic E-state index is 0.0457. The molecule has 0 saturated carbocycles. The third-order valence-corrected chi connectivity index (χ3v) is 3.18. The van der Waals surface area contributed by atoms with Gasteiger partial charge >= 0.3 is 12.0 Å². The van der Waals surface area contributed by atoms with Gasteiger partial charge in [-0.3, -0.25) is 0 Å². The first-order valence-corrected chi connectivity index (χ1v) is 6.86. The molecule has 0 atom stereocenters. The lowest BCUT2D eigenvalue weighted by atomic mass is 10.2. The van der Waals surface area contributed by atoms with Crippen molar-refractivity contribution in [2.45, 2.75) is 6.92 Å². The number of hydrogen-bond acceptors (Lipinski definition) is 3. The largest absolute Gasteiger partial charge is 0.478 e. The van der Waals surface area contributed by atoms with E-state index < -0.39 is 5.97 Å². The maximum Gasteiger partial charge on any atom is 0.337 e. The van der Waals surface area contributed by atoms with Gasteiger partial charge in [-0.25, -0.2) is 9.59 Å². The summed E-state index contributed by atoms with van der Waals surface area (Å²) >= 11 is 3.25. The van der Waals surface area contributed by atoms with Crippen molar-refractivity contribution in [2.24, 2.45) is 0 Å². The number of likely N-dealkylation sites (N-methyl/N-ethyl adjacent to an activating group) is 1. The lowest BCUT2D eigenvalue weighted by molar-refractivity contribution is 0.0698. The van der Waals surface area contributed by atoms with Gasteiger partial charge in [0.25, 0.3) is 0 Å². The van der Waals surface area contributed by atoms with E-state index in [1.54, 1.807) is 19.2 Å². The Labute approximate surface area is 125 Å². The molecule has 0 aliphatic heterocycles. The van der Waals surface area contributed by atoms with Crippen molar-refractivity contribution in [1.82, 2.24) is 4.90 Å². The summed E-state index contributed by atoms with van der Waals surface area (Å²) < 4.78 is 5.62. The zero-order valence-corrected chi connectivity index (χ0v) is 12.9. The number of halogens is 1. The van der Waals surface area contributed by atoms with Crippen LogP contribution >= 0.6 is 15.9 Å². The first-order valence-electron chi connectivity index (χ1n) is 6.07. The molecule has 0 aliphatic rings. The molecule has 0 saturated heterocycles. The number of nitrogens with one attached hydrogen (secondary N) is 1. The van der Waals surface area contributed by atoms with Crippen molar-refractivity contribution >= 4 is 33.6 Å². The molecule has 0 aliphatic carbocycles. The molecule has 0 fully saturated rings. The number of hydrogen-bond donors (Lipinski definition) is 2. The average molecular weight is 345 g/mol. The first-order chi connectivity index (χ1) is 9.49. The molecule has 1 rings (SSSR count). The van der Waals surface area contributed by atoms with E-state index in [0.717, 1.165) is 0 Å². The fourth-order valence-corrected chi connectivity index (χ4v) is 1.97. The molecule has 0 aromatic heterocycles. The van der Waals surface area contributed by atoms with Crippen molar-refractivity contribution in [2.75, 3.05) is 32.1 Å². The Morgan fingerprint density at radius 2 is 2.15 bits per heavy atom. The highest BCUT2D eigenvalue weighted by Gasteiger charge is 2.16. The second-order valence-electron chi connectivity index (χ2n) is 4.00. The zero-order chi connectivity index (χ0) is 15.1. The van der Waals surface area contributed by atoms with Crippen LogP contribution in [0.15, 0.2) is 22.7 Å². The van der Waals surface area contributed by atoms with Crippen molar-refractivity contribution in [3.05, 3.63) is 28.2 Å². The summed E-state index contributed by atoms with van der Waals surface area (Å²) in [5, 5.41) is 11.7. The van der Waals surface area contributed by atoms with Gasteiger partial charge in [0, 0.05) is 24.7 Å². The summed E-state index contributed by atoms with van der Waals surface area (Å²) in [6, 6.07) is 4.26. The van der Waals surface area contributed by atoms with Crippen LogP contribution < -0.4 is 5.32 Å². The Hall–Kier alpha value is -1.60. The fourth-order valence-electron chi connectivity index (χ4n) is 1.61. The summed E-state index contributed by atoms with van der Waals surface area (Å²) in [7, 11) is 1.56. The molecule has 2 amide bonds. The molecule has 7 heteroatoms. The van der Waals surface area contributed by atoms with Gasteiger partial charge in [-0.1, -0.05) is 15.9 Å². The number of amides is 2. The molecule has 2 N–H and O–H groups in total. The first kappa shape index (κ1) is 16.5. The SMILES string of the molecule is CCN(CCOC)C(=O)Nc1cc(Br)ccc1C(=O)O. The molecule has 0 unspecified atom stereocenters. The number of rotatable bonds is 6.